The molecule has 226 valence electrons. The molecule has 1 aliphatic rings. The van der Waals surface area contributed by atoms with Crippen LogP contribution < -0.4 is 4.74 Å². The van der Waals surface area contributed by atoms with E-state index < -0.39 is 18.2 Å². The average molecular weight is 610 g/mol. The van der Waals surface area contributed by atoms with Gasteiger partial charge in [0.15, 0.2) is 0 Å². The lowest BCUT2D eigenvalue weighted by Gasteiger charge is -2.37. The van der Waals surface area contributed by atoms with E-state index in [1.54, 1.807) is 0 Å². The van der Waals surface area contributed by atoms with E-state index in [0.29, 0.717) is 13.0 Å². The molecular formula is C34H34F3NO4S. The summed E-state index contributed by atoms with van der Waals surface area (Å²) in [4.78, 5) is 16.2. The second kappa shape index (κ2) is 14.8. The van der Waals surface area contributed by atoms with E-state index >= 15 is 0 Å². The Balaban J connectivity index is 1.17. The zero-order chi connectivity index (χ0) is 30.1. The van der Waals surface area contributed by atoms with Crippen molar-refractivity contribution < 1.29 is 32.3 Å². The van der Waals surface area contributed by atoms with Gasteiger partial charge >= 0.3 is 12.1 Å². The third kappa shape index (κ3) is 8.98. The van der Waals surface area contributed by atoms with Crippen LogP contribution in [0.1, 0.15) is 35.4 Å². The van der Waals surface area contributed by atoms with Crippen LogP contribution in [-0.2, 0) is 26.7 Å². The van der Waals surface area contributed by atoms with Gasteiger partial charge in [-0.2, -0.15) is 24.9 Å². The van der Waals surface area contributed by atoms with Crippen molar-refractivity contribution in [2.45, 2.75) is 43.4 Å². The topological polar surface area (TPSA) is 48.0 Å². The lowest BCUT2D eigenvalue weighted by Crippen LogP contribution is -2.46. The van der Waals surface area contributed by atoms with E-state index in [0.717, 1.165) is 50.6 Å². The lowest BCUT2D eigenvalue weighted by atomic mass is 9.87. The summed E-state index contributed by atoms with van der Waals surface area (Å²) in [7, 11) is 0. The highest BCUT2D eigenvalue weighted by Crippen LogP contribution is 2.33. The number of ether oxygens (including phenoxy) is 2. The number of carbonyl (C=O) groups excluding carboxylic acids is 1. The summed E-state index contributed by atoms with van der Waals surface area (Å²) in [6, 6.07) is 32.2. The number of hydroxylamine groups is 2. The Hall–Kier alpha value is -3.53. The molecule has 5 rings (SSSR count). The van der Waals surface area contributed by atoms with Crippen molar-refractivity contribution in [1.82, 2.24) is 5.06 Å². The summed E-state index contributed by atoms with van der Waals surface area (Å²) in [5.41, 5.74) is 3.26. The van der Waals surface area contributed by atoms with Gasteiger partial charge in [0.2, 0.25) is 0 Å². The van der Waals surface area contributed by atoms with Gasteiger partial charge in [0.05, 0.1) is 25.9 Å². The van der Waals surface area contributed by atoms with E-state index in [2.05, 4.69) is 17.0 Å². The first kappa shape index (κ1) is 30.9. The molecule has 5 nitrogen and oxygen atoms in total. The Kier molecular flexibility index (Phi) is 10.6. The molecule has 4 aromatic rings. The standard InChI is InChI=1S/C34H34F3NO4S/c35-34(36,37)33(39)42-38-18-17-31(32(22-38)41-23-26-11-12-27-9-4-5-10-29(27)21-26)28-13-15-30(16-14-28)40-19-6-20-43-24-25-7-2-1-3-8-25/h1-5,7-16,21,31-32H,6,17-20,22-24H2. The van der Waals surface area contributed by atoms with Gasteiger partial charge in [-0.1, -0.05) is 78.9 Å². The quantitative estimate of drug-likeness (QED) is 0.152. The number of carbonyl (C=O) groups is 1. The molecule has 0 radical (unpaired) electrons. The van der Waals surface area contributed by atoms with Gasteiger partial charge in [-0.05, 0) is 64.3 Å². The van der Waals surface area contributed by atoms with Gasteiger partial charge in [-0.25, -0.2) is 4.79 Å². The molecule has 2 atom stereocenters. The van der Waals surface area contributed by atoms with Gasteiger partial charge in [0.1, 0.15) is 5.75 Å². The molecule has 0 amide bonds. The van der Waals surface area contributed by atoms with E-state index in [1.807, 2.05) is 96.7 Å². The Morgan fingerprint density at radius 3 is 2.40 bits per heavy atom. The highest BCUT2D eigenvalue weighted by Gasteiger charge is 2.44. The fourth-order valence-corrected chi connectivity index (χ4v) is 6.04. The first-order valence-electron chi connectivity index (χ1n) is 14.3. The third-order valence-electron chi connectivity index (χ3n) is 7.36. The maximum absolute atomic E-state index is 12.9. The van der Waals surface area contributed by atoms with E-state index in [9.17, 15) is 18.0 Å². The molecule has 43 heavy (non-hydrogen) atoms. The normalized spacial score (nSPS) is 17.6. The molecule has 0 bridgehead atoms. The highest BCUT2D eigenvalue weighted by atomic mass is 32.2. The minimum absolute atomic E-state index is 0.0268. The van der Waals surface area contributed by atoms with Crippen molar-refractivity contribution in [3.63, 3.8) is 0 Å². The minimum Gasteiger partial charge on any atom is -0.494 e. The summed E-state index contributed by atoms with van der Waals surface area (Å²) < 4.78 is 50.8. The zero-order valence-electron chi connectivity index (χ0n) is 23.7. The van der Waals surface area contributed by atoms with Gasteiger partial charge in [0, 0.05) is 18.2 Å². The van der Waals surface area contributed by atoms with Crippen LogP contribution in [0, 0.1) is 0 Å². The molecule has 0 saturated carbocycles. The zero-order valence-corrected chi connectivity index (χ0v) is 24.5. The van der Waals surface area contributed by atoms with Gasteiger partial charge in [-0.15, -0.1) is 5.06 Å². The number of hydrogen-bond donors (Lipinski definition) is 0. The van der Waals surface area contributed by atoms with Crippen LogP contribution in [0.5, 0.6) is 5.75 Å². The molecular weight excluding hydrogens is 575 g/mol. The molecule has 9 heteroatoms. The number of hydrogen-bond acceptors (Lipinski definition) is 6. The van der Waals surface area contributed by atoms with Gasteiger partial charge in [-0.3, -0.25) is 0 Å². The predicted octanol–water partition coefficient (Wildman–Crippen LogP) is 7.94. The van der Waals surface area contributed by atoms with Gasteiger partial charge < -0.3 is 14.3 Å². The Labute approximate surface area is 253 Å². The first-order chi connectivity index (χ1) is 20.8. The summed E-state index contributed by atoms with van der Waals surface area (Å²) in [6.45, 7) is 1.08. The molecule has 0 N–H and O–H groups in total. The van der Waals surface area contributed by atoms with Crippen molar-refractivity contribution in [2.75, 3.05) is 25.4 Å². The summed E-state index contributed by atoms with van der Waals surface area (Å²) in [6.07, 6.45) is -4.16. The predicted molar refractivity (Wildman–Crippen MR) is 163 cm³/mol. The monoisotopic (exact) mass is 609 g/mol. The van der Waals surface area contributed by atoms with Crippen molar-refractivity contribution in [1.29, 1.82) is 0 Å². The first-order valence-corrected chi connectivity index (χ1v) is 15.5. The van der Waals surface area contributed by atoms with Crippen LogP contribution in [0.3, 0.4) is 0 Å². The Morgan fingerprint density at radius 1 is 0.884 bits per heavy atom. The summed E-state index contributed by atoms with van der Waals surface area (Å²) in [5, 5.41) is 3.25. The second-order valence-electron chi connectivity index (χ2n) is 10.5. The maximum Gasteiger partial charge on any atom is 0.492 e. The molecule has 4 aromatic carbocycles. The molecule has 0 aromatic heterocycles. The van der Waals surface area contributed by atoms with Crippen LogP contribution in [0.15, 0.2) is 97.1 Å². The van der Waals surface area contributed by atoms with Crippen molar-refractivity contribution in [3.05, 3.63) is 114 Å². The number of rotatable bonds is 12. The Bertz CT molecular complexity index is 1470. The van der Waals surface area contributed by atoms with Gasteiger partial charge in [0.25, 0.3) is 0 Å². The smallest absolute Gasteiger partial charge is 0.492 e. The minimum atomic E-state index is -5.06. The molecule has 0 spiro atoms. The van der Waals surface area contributed by atoms with Crippen molar-refractivity contribution in [2.24, 2.45) is 0 Å². The number of alkyl halides is 3. The maximum atomic E-state index is 12.9. The lowest BCUT2D eigenvalue weighted by molar-refractivity contribution is -0.248. The molecule has 0 aliphatic carbocycles. The number of piperidine rings is 1. The molecule has 1 heterocycles. The van der Waals surface area contributed by atoms with Crippen LogP contribution in [0.25, 0.3) is 10.8 Å². The number of nitrogens with zero attached hydrogens (tertiary/aromatic N) is 1. The summed E-state index contributed by atoms with van der Waals surface area (Å²) in [5.74, 6) is 0.431. The number of halogens is 3. The second-order valence-corrected chi connectivity index (χ2v) is 11.6. The van der Waals surface area contributed by atoms with Crippen LogP contribution in [0.4, 0.5) is 13.2 Å². The van der Waals surface area contributed by atoms with Crippen molar-refractivity contribution in [3.8, 4) is 5.75 Å². The highest BCUT2D eigenvalue weighted by molar-refractivity contribution is 7.98. The fraction of sp³-hybridized carbons (Fsp3) is 0.324. The van der Waals surface area contributed by atoms with Crippen LogP contribution in [-0.4, -0.2) is 48.8 Å². The molecule has 1 fully saturated rings. The van der Waals surface area contributed by atoms with Crippen molar-refractivity contribution >= 4 is 28.5 Å². The average Bonchev–Trinajstić information content (AvgIpc) is 3.02. The fourth-order valence-electron chi connectivity index (χ4n) is 5.15. The number of thioether (sulfide) groups is 1. The third-order valence-corrected chi connectivity index (χ3v) is 8.48. The SMILES string of the molecule is O=C(ON1CCC(c2ccc(OCCCSCc3ccccc3)cc2)C(OCc2ccc3ccccc3c2)C1)C(F)(F)F. The van der Waals surface area contributed by atoms with E-state index in [-0.39, 0.29) is 25.6 Å². The molecule has 2 unspecified atom stereocenters. The largest absolute Gasteiger partial charge is 0.494 e. The summed E-state index contributed by atoms with van der Waals surface area (Å²) >= 11 is 1.88. The van der Waals surface area contributed by atoms with Crippen LogP contribution >= 0.6 is 11.8 Å². The number of benzene rings is 4. The van der Waals surface area contributed by atoms with E-state index in [1.165, 1.54) is 5.56 Å². The van der Waals surface area contributed by atoms with E-state index in [4.69, 9.17) is 9.47 Å². The van der Waals surface area contributed by atoms with Crippen LogP contribution in [0.2, 0.25) is 0 Å². The number of fused-ring (bicyclic) bond motifs is 1. The Morgan fingerprint density at radius 2 is 1.63 bits per heavy atom. The molecule has 1 saturated heterocycles. The molecule has 1 aliphatic heterocycles.